The molecule has 3 nitrogen and oxygen atoms in total. The van der Waals surface area contributed by atoms with Crippen LogP contribution in [0.15, 0.2) is 36.5 Å². The molecule has 0 aliphatic rings. The minimum absolute atomic E-state index is 0.236. The summed E-state index contributed by atoms with van der Waals surface area (Å²) < 4.78 is 13.3. The van der Waals surface area contributed by atoms with Crippen LogP contribution in [0.25, 0.3) is 0 Å². The van der Waals surface area contributed by atoms with Crippen LogP contribution in [0.4, 0.5) is 10.2 Å². The molecule has 0 bridgehead atoms. The van der Waals surface area contributed by atoms with Gasteiger partial charge in [0, 0.05) is 16.8 Å². The largest absolute Gasteiger partial charge is 0.307 e. The number of rotatable bonds is 2. The minimum atomic E-state index is -0.427. The summed E-state index contributed by atoms with van der Waals surface area (Å²) in [5.74, 6) is -0.515. The van der Waals surface area contributed by atoms with Gasteiger partial charge in [-0.15, -0.1) is 0 Å². The predicted molar refractivity (Wildman–Crippen MR) is 68.3 cm³/mol. The maximum atomic E-state index is 13.3. The predicted octanol–water partition coefficient (Wildman–Crippen LogP) is 3.43. The normalized spacial score (nSPS) is 10.2. The summed E-state index contributed by atoms with van der Waals surface area (Å²) in [6.07, 6.45) is 1.48. The fourth-order valence-corrected chi connectivity index (χ4v) is 1.56. The highest BCUT2D eigenvalue weighted by molar-refractivity contribution is 6.30. The van der Waals surface area contributed by atoms with Crippen molar-refractivity contribution in [1.29, 1.82) is 0 Å². The number of aryl methyl sites for hydroxylation is 1. The molecule has 1 aromatic carbocycles. The van der Waals surface area contributed by atoms with Crippen molar-refractivity contribution < 1.29 is 9.18 Å². The highest BCUT2D eigenvalue weighted by Gasteiger charge is 2.09. The van der Waals surface area contributed by atoms with Gasteiger partial charge in [-0.05, 0) is 36.8 Å². The lowest BCUT2D eigenvalue weighted by molar-refractivity contribution is 0.102. The second-order valence-corrected chi connectivity index (χ2v) is 4.21. The first-order valence-electron chi connectivity index (χ1n) is 5.25. The van der Waals surface area contributed by atoms with Crippen molar-refractivity contribution in [2.45, 2.75) is 6.92 Å². The molecule has 2 rings (SSSR count). The molecule has 2 aromatic rings. The SMILES string of the molecule is Cc1ccc(C(=O)Nc2cc(Cl)ccn2)cc1F. The number of hydrogen-bond acceptors (Lipinski definition) is 2. The first kappa shape index (κ1) is 12.5. The maximum absolute atomic E-state index is 13.3. The van der Waals surface area contributed by atoms with E-state index in [0.717, 1.165) is 0 Å². The van der Waals surface area contributed by atoms with Crippen molar-refractivity contribution in [2.24, 2.45) is 0 Å². The number of benzene rings is 1. The third-order valence-electron chi connectivity index (χ3n) is 2.40. The Morgan fingerprint density at radius 2 is 2.11 bits per heavy atom. The molecule has 0 fully saturated rings. The molecular weight excluding hydrogens is 255 g/mol. The lowest BCUT2D eigenvalue weighted by atomic mass is 10.1. The van der Waals surface area contributed by atoms with E-state index in [9.17, 15) is 9.18 Å². The number of amides is 1. The average molecular weight is 265 g/mol. The standard InChI is InChI=1S/C13H10ClFN2O/c1-8-2-3-9(6-11(8)15)13(18)17-12-7-10(14)4-5-16-12/h2-7H,1H3,(H,16,17,18). The Balaban J connectivity index is 2.19. The topological polar surface area (TPSA) is 42.0 Å². The van der Waals surface area contributed by atoms with E-state index < -0.39 is 11.7 Å². The zero-order valence-corrected chi connectivity index (χ0v) is 10.3. The zero-order valence-electron chi connectivity index (χ0n) is 9.58. The van der Waals surface area contributed by atoms with Crippen LogP contribution in [0.5, 0.6) is 0 Å². The minimum Gasteiger partial charge on any atom is -0.307 e. The summed E-state index contributed by atoms with van der Waals surface area (Å²) in [6, 6.07) is 7.41. The van der Waals surface area contributed by atoms with E-state index in [2.05, 4.69) is 10.3 Å². The molecule has 0 saturated heterocycles. The Morgan fingerprint density at radius 3 is 2.78 bits per heavy atom. The Kier molecular flexibility index (Phi) is 3.58. The smallest absolute Gasteiger partial charge is 0.256 e. The van der Waals surface area contributed by atoms with E-state index in [4.69, 9.17) is 11.6 Å². The van der Waals surface area contributed by atoms with Gasteiger partial charge in [-0.25, -0.2) is 9.37 Å². The fourth-order valence-electron chi connectivity index (χ4n) is 1.40. The van der Waals surface area contributed by atoms with E-state index in [1.807, 2.05) is 0 Å². The van der Waals surface area contributed by atoms with Crippen LogP contribution in [-0.4, -0.2) is 10.9 Å². The van der Waals surface area contributed by atoms with Gasteiger partial charge in [0.15, 0.2) is 0 Å². The van der Waals surface area contributed by atoms with E-state index in [1.165, 1.54) is 18.3 Å². The zero-order chi connectivity index (χ0) is 13.1. The summed E-state index contributed by atoms with van der Waals surface area (Å²) in [5.41, 5.74) is 0.729. The molecule has 1 aromatic heterocycles. The van der Waals surface area contributed by atoms with Gasteiger partial charge in [0.1, 0.15) is 11.6 Å². The third kappa shape index (κ3) is 2.84. The van der Waals surface area contributed by atoms with Gasteiger partial charge in [0.05, 0.1) is 0 Å². The first-order chi connectivity index (χ1) is 8.56. The number of aromatic nitrogens is 1. The number of anilines is 1. The van der Waals surface area contributed by atoms with Gasteiger partial charge in [0.25, 0.3) is 5.91 Å². The van der Waals surface area contributed by atoms with Crippen molar-refractivity contribution in [2.75, 3.05) is 5.32 Å². The molecule has 0 radical (unpaired) electrons. The summed E-state index contributed by atoms with van der Waals surface area (Å²) in [4.78, 5) is 15.8. The second-order valence-electron chi connectivity index (χ2n) is 3.78. The highest BCUT2D eigenvalue weighted by Crippen LogP contribution is 2.14. The van der Waals surface area contributed by atoms with Gasteiger partial charge in [0.2, 0.25) is 0 Å². The maximum Gasteiger partial charge on any atom is 0.256 e. The molecule has 92 valence electrons. The number of halogens is 2. The van der Waals surface area contributed by atoms with Gasteiger partial charge < -0.3 is 5.32 Å². The molecule has 18 heavy (non-hydrogen) atoms. The molecule has 0 unspecified atom stereocenters. The second kappa shape index (κ2) is 5.14. The van der Waals surface area contributed by atoms with Crippen molar-refractivity contribution in [1.82, 2.24) is 4.98 Å². The molecule has 1 heterocycles. The number of nitrogens with one attached hydrogen (secondary N) is 1. The summed E-state index contributed by atoms with van der Waals surface area (Å²) in [5, 5.41) is 3.01. The number of carbonyl (C=O) groups is 1. The van der Waals surface area contributed by atoms with Crippen LogP contribution in [0.3, 0.4) is 0 Å². The molecule has 0 atom stereocenters. The third-order valence-corrected chi connectivity index (χ3v) is 2.63. The monoisotopic (exact) mass is 264 g/mol. The lowest BCUT2D eigenvalue weighted by Crippen LogP contribution is -2.13. The molecule has 0 aliphatic carbocycles. The number of pyridine rings is 1. The summed E-state index contributed by atoms with van der Waals surface area (Å²) in [7, 11) is 0. The molecule has 5 heteroatoms. The van der Waals surface area contributed by atoms with Crippen LogP contribution in [0.2, 0.25) is 5.02 Å². The quantitative estimate of drug-likeness (QED) is 0.903. The van der Waals surface area contributed by atoms with Crippen molar-refractivity contribution in [3.8, 4) is 0 Å². The molecule has 0 saturated carbocycles. The van der Waals surface area contributed by atoms with Crippen LogP contribution in [0, 0.1) is 12.7 Å². The molecule has 0 spiro atoms. The number of nitrogens with zero attached hydrogens (tertiary/aromatic N) is 1. The number of hydrogen-bond donors (Lipinski definition) is 1. The lowest BCUT2D eigenvalue weighted by Gasteiger charge is -2.05. The van der Waals surface area contributed by atoms with Gasteiger partial charge in [-0.3, -0.25) is 4.79 Å². The van der Waals surface area contributed by atoms with E-state index in [0.29, 0.717) is 16.4 Å². The highest BCUT2D eigenvalue weighted by atomic mass is 35.5. The Bertz CT molecular complexity index is 601. The van der Waals surface area contributed by atoms with Crippen LogP contribution < -0.4 is 5.32 Å². The molecule has 1 N–H and O–H groups in total. The molecule has 1 amide bonds. The van der Waals surface area contributed by atoms with Gasteiger partial charge in [-0.2, -0.15) is 0 Å². The Labute approximate surface area is 109 Å². The number of carbonyl (C=O) groups excluding carboxylic acids is 1. The van der Waals surface area contributed by atoms with Gasteiger partial charge >= 0.3 is 0 Å². The van der Waals surface area contributed by atoms with Crippen LogP contribution in [0.1, 0.15) is 15.9 Å². The van der Waals surface area contributed by atoms with Crippen molar-refractivity contribution >= 4 is 23.3 Å². The first-order valence-corrected chi connectivity index (χ1v) is 5.63. The molecule has 0 aliphatic heterocycles. The van der Waals surface area contributed by atoms with Crippen LogP contribution in [-0.2, 0) is 0 Å². The average Bonchev–Trinajstić information content (AvgIpc) is 2.32. The fraction of sp³-hybridized carbons (Fsp3) is 0.0769. The Hall–Kier alpha value is -1.94. The Morgan fingerprint density at radius 1 is 1.33 bits per heavy atom. The van der Waals surface area contributed by atoms with Crippen molar-refractivity contribution in [3.63, 3.8) is 0 Å². The summed E-state index contributed by atoms with van der Waals surface area (Å²) in [6.45, 7) is 1.63. The van der Waals surface area contributed by atoms with E-state index in [1.54, 1.807) is 25.1 Å². The van der Waals surface area contributed by atoms with E-state index in [-0.39, 0.29) is 5.56 Å². The molecular formula is C13H10ClFN2O. The van der Waals surface area contributed by atoms with Crippen molar-refractivity contribution in [3.05, 3.63) is 58.5 Å². The summed E-state index contributed by atoms with van der Waals surface area (Å²) >= 11 is 5.77. The van der Waals surface area contributed by atoms with Crippen LogP contribution >= 0.6 is 11.6 Å². The van der Waals surface area contributed by atoms with Gasteiger partial charge in [-0.1, -0.05) is 17.7 Å². The van der Waals surface area contributed by atoms with E-state index >= 15 is 0 Å².